The Balaban J connectivity index is 2.73. The fourth-order valence-corrected chi connectivity index (χ4v) is 1.34. The Bertz CT molecular complexity index is 263. The minimum Gasteiger partial charge on any atom is -0.335 e. The molecule has 0 spiro atoms. The fourth-order valence-electron chi connectivity index (χ4n) is 1.34. The first-order valence-corrected chi connectivity index (χ1v) is 4.78. The van der Waals surface area contributed by atoms with Gasteiger partial charge in [-0.15, -0.1) is 0 Å². The van der Waals surface area contributed by atoms with Gasteiger partial charge in [-0.25, -0.2) is 4.98 Å². The second kappa shape index (κ2) is 3.92. The van der Waals surface area contributed by atoms with E-state index in [-0.39, 0.29) is 5.41 Å². The summed E-state index contributed by atoms with van der Waals surface area (Å²) in [5, 5.41) is 0. The maximum atomic E-state index is 5.68. The number of nitrogens with two attached hydrogens (primary N) is 1. The minimum absolute atomic E-state index is 0.174. The van der Waals surface area contributed by atoms with Crippen molar-refractivity contribution in [2.75, 3.05) is 6.54 Å². The summed E-state index contributed by atoms with van der Waals surface area (Å²) in [6.07, 6.45) is 4.81. The second-order valence-corrected chi connectivity index (χ2v) is 4.22. The van der Waals surface area contributed by atoms with Gasteiger partial charge in [-0.3, -0.25) is 0 Å². The van der Waals surface area contributed by atoms with E-state index in [1.807, 2.05) is 12.5 Å². The van der Waals surface area contributed by atoms with Crippen LogP contribution in [0.25, 0.3) is 0 Å². The number of nitrogens with zero attached hydrogens (tertiary/aromatic N) is 2. The van der Waals surface area contributed by atoms with E-state index in [9.17, 15) is 0 Å². The van der Waals surface area contributed by atoms with Crippen molar-refractivity contribution in [3.05, 3.63) is 18.2 Å². The van der Waals surface area contributed by atoms with Gasteiger partial charge in [0.05, 0.1) is 6.33 Å². The topological polar surface area (TPSA) is 43.8 Å². The normalized spacial score (nSPS) is 12.0. The van der Waals surface area contributed by atoms with E-state index in [0.29, 0.717) is 6.54 Å². The van der Waals surface area contributed by atoms with Gasteiger partial charge in [0, 0.05) is 18.4 Å². The summed E-state index contributed by atoms with van der Waals surface area (Å²) in [4.78, 5) is 4.13. The fraction of sp³-hybridized carbons (Fsp3) is 0.700. The molecule has 1 rings (SSSR count). The van der Waals surface area contributed by atoms with Crippen LogP contribution in [0, 0.1) is 5.41 Å². The quantitative estimate of drug-likeness (QED) is 0.763. The van der Waals surface area contributed by atoms with Crippen molar-refractivity contribution in [2.24, 2.45) is 11.1 Å². The van der Waals surface area contributed by atoms with Crippen LogP contribution in [0.15, 0.2) is 12.5 Å². The number of hydrogen-bond donors (Lipinski definition) is 1. The number of hydrogen-bond acceptors (Lipinski definition) is 2. The molecular formula is C10H19N3. The highest BCUT2D eigenvalue weighted by Gasteiger charge is 2.17. The Morgan fingerprint density at radius 2 is 2.23 bits per heavy atom. The van der Waals surface area contributed by atoms with Gasteiger partial charge in [-0.05, 0) is 25.3 Å². The van der Waals surface area contributed by atoms with Gasteiger partial charge in [0.25, 0.3) is 0 Å². The van der Waals surface area contributed by atoms with Gasteiger partial charge in [0.1, 0.15) is 0 Å². The average molecular weight is 181 g/mol. The molecule has 0 atom stereocenters. The molecule has 74 valence electrons. The molecule has 0 aliphatic rings. The highest BCUT2D eigenvalue weighted by molar-refractivity contribution is 5.01. The molecule has 0 amide bonds. The molecule has 1 aromatic rings. The molecule has 0 saturated carbocycles. The van der Waals surface area contributed by atoms with E-state index in [1.54, 1.807) is 0 Å². The summed E-state index contributed by atoms with van der Waals surface area (Å²) in [7, 11) is 0. The predicted molar refractivity (Wildman–Crippen MR) is 54.4 cm³/mol. The molecular weight excluding hydrogens is 162 g/mol. The Hall–Kier alpha value is -0.830. The number of aryl methyl sites for hydroxylation is 1. The lowest BCUT2D eigenvalue weighted by molar-refractivity contribution is 0.366. The number of aromatic nitrogens is 2. The van der Waals surface area contributed by atoms with E-state index in [1.165, 1.54) is 5.69 Å². The van der Waals surface area contributed by atoms with Crippen molar-refractivity contribution >= 4 is 0 Å². The Morgan fingerprint density at radius 1 is 1.54 bits per heavy atom. The standard InChI is InChI=1S/C10H19N3/c1-4-13-8-12-6-9(13)5-10(2,3)7-11/h6,8H,4-5,7,11H2,1-3H3. The summed E-state index contributed by atoms with van der Waals surface area (Å²) in [5.74, 6) is 0. The molecule has 0 unspecified atom stereocenters. The largest absolute Gasteiger partial charge is 0.335 e. The zero-order valence-corrected chi connectivity index (χ0v) is 8.75. The van der Waals surface area contributed by atoms with Crippen LogP contribution in [0.5, 0.6) is 0 Å². The molecule has 0 aliphatic heterocycles. The third-order valence-corrected chi connectivity index (χ3v) is 2.35. The van der Waals surface area contributed by atoms with Gasteiger partial charge in [0.15, 0.2) is 0 Å². The van der Waals surface area contributed by atoms with Crippen molar-refractivity contribution < 1.29 is 0 Å². The van der Waals surface area contributed by atoms with Gasteiger partial charge in [-0.2, -0.15) is 0 Å². The van der Waals surface area contributed by atoms with E-state index in [4.69, 9.17) is 5.73 Å². The molecule has 1 heterocycles. The molecule has 0 fully saturated rings. The van der Waals surface area contributed by atoms with Crippen LogP contribution in [0.1, 0.15) is 26.5 Å². The first kappa shape index (κ1) is 10.3. The first-order valence-electron chi connectivity index (χ1n) is 4.78. The predicted octanol–water partition coefficient (Wildman–Crippen LogP) is 1.43. The summed E-state index contributed by atoms with van der Waals surface area (Å²) < 4.78 is 2.16. The van der Waals surface area contributed by atoms with Crippen molar-refractivity contribution in [3.63, 3.8) is 0 Å². The molecule has 13 heavy (non-hydrogen) atoms. The minimum atomic E-state index is 0.174. The van der Waals surface area contributed by atoms with Gasteiger partial charge >= 0.3 is 0 Å². The molecule has 2 N–H and O–H groups in total. The van der Waals surface area contributed by atoms with Crippen LogP contribution in [0.3, 0.4) is 0 Å². The number of rotatable bonds is 4. The SMILES string of the molecule is CCn1cncc1CC(C)(C)CN. The monoisotopic (exact) mass is 181 g/mol. The van der Waals surface area contributed by atoms with Crippen LogP contribution >= 0.6 is 0 Å². The van der Waals surface area contributed by atoms with Gasteiger partial charge in [0.2, 0.25) is 0 Å². The zero-order valence-electron chi connectivity index (χ0n) is 8.75. The van der Waals surface area contributed by atoms with E-state index in [0.717, 1.165) is 13.0 Å². The van der Waals surface area contributed by atoms with Crippen molar-refractivity contribution in [1.82, 2.24) is 9.55 Å². The van der Waals surface area contributed by atoms with E-state index >= 15 is 0 Å². The summed E-state index contributed by atoms with van der Waals surface area (Å²) >= 11 is 0. The molecule has 0 aliphatic carbocycles. The first-order chi connectivity index (χ1) is 6.09. The Labute approximate surface area is 80.0 Å². The van der Waals surface area contributed by atoms with Crippen molar-refractivity contribution in [1.29, 1.82) is 0 Å². The summed E-state index contributed by atoms with van der Waals surface area (Å²) in [6.45, 7) is 8.18. The van der Waals surface area contributed by atoms with Crippen LogP contribution in [-0.2, 0) is 13.0 Å². The molecule has 1 aromatic heterocycles. The summed E-state index contributed by atoms with van der Waals surface area (Å²) in [6, 6.07) is 0. The van der Waals surface area contributed by atoms with Gasteiger partial charge < -0.3 is 10.3 Å². The molecule has 3 heteroatoms. The van der Waals surface area contributed by atoms with Crippen molar-refractivity contribution in [3.8, 4) is 0 Å². The van der Waals surface area contributed by atoms with E-state index < -0.39 is 0 Å². The summed E-state index contributed by atoms with van der Waals surface area (Å²) in [5.41, 5.74) is 7.13. The molecule has 0 saturated heterocycles. The third kappa shape index (κ3) is 2.56. The molecule has 0 aromatic carbocycles. The average Bonchev–Trinajstić information content (AvgIpc) is 2.51. The Morgan fingerprint density at radius 3 is 2.77 bits per heavy atom. The van der Waals surface area contributed by atoms with Crippen LogP contribution in [0.2, 0.25) is 0 Å². The molecule has 0 radical (unpaired) electrons. The zero-order chi connectivity index (χ0) is 9.90. The highest BCUT2D eigenvalue weighted by Crippen LogP contribution is 2.19. The van der Waals surface area contributed by atoms with E-state index in [2.05, 4.69) is 30.3 Å². The molecule has 3 nitrogen and oxygen atoms in total. The van der Waals surface area contributed by atoms with Crippen molar-refractivity contribution in [2.45, 2.75) is 33.7 Å². The Kier molecular flexibility index (Phi) is 3.09. The maximum Gasteiger partial charge on any atom is 0.0948 e. The highest BCUT2D eigenvalue weighted by atomic mass is 15.0. The maximum absolute atomic E-state index is 5.68. The van der Waals surface area contributed by atoms with Crippen LogP contribution in [0.4, 0.5) is 0 Å². The lowest BCUT2D eigenvalue weighted by Gasteiger charge is -2.22. The van der Waals surface area contributed by atoms with Crippen LogP contribution in [-0.4, -0.2) is 16.1 Å². The van der Waals surface area contributed by atoms with Gasteiger partial charge in [-0.1, -0.05) is 13.8 Å². The lowest BCUT2D eigenvalue weighted by atomic mass is 9.88. The smallest absolute Gasteiger partial charge is 0.0948 e. The number of imidazole rings is 1. The second-order valence-electron chi connectivity index (χ2n) is 4.22. The lowest BCUT2D eigenvalue weighted by Crippen LogP contribution is -2.26. The van der Waals surface area contributed by atoms with Crippen LogP contribution < -0.4 is 5.73 Å². The molecule has 0 bridgehead atoms. The third-order valence-electron chi connectivity index (χ3n) is 2.35.